The molecule has 0 amide bonds. The van der Waals surface area contributed by atoms with E-state index in [0.29, 0.717) is 6.54 Å². The first-order valence-corrected chi connectivity index (χ1v) is 6.96. The summed E-state index contributed by atoms with van der Waals surface area (Å²) in [5.41, 5.74) is 2.49. The summed E-state index contributed by atoms with van der Waals surface area (Å²) in [4.78, 5) is 1.49. The van der Waals surface area contributed by atoms with Crippen molar-refractivity contribution in [2.75, 3.05) is 13.1 Å². The van der Waals surface area contributed by atoms with Gasteiger partial charge in [0.1, 0.15) is 0 Å². The van der Waals surface area contributed by atoms with Gasteiger partial charge in [-0.05, 0) is 31.4 Å². The van der Waals surface area contributed by atoms with Crippen molar-refractivity contribution in [2.45, 2.75) is 45.1 Å². The molecule has 1 atom stereocenters. The van der Waals surface area contributed by atoms with E-state index in [4.69, 9.17) is 0 Å². The number of fused-ring (bicyclic) bond motifs is 1. The van der Waals surface area contributed by atoms with E-state index >= 15 is 0 Å². The van der Waals surface area contributed by atoms with E-state index in [9.17, 15) is 13.2 Å². The molecule has 0 saturated carbocycles. The number of nitrogens with one attached hydrogen (secondary N) is 1. The fourth-order valence-corrected chi connectivity index (χ4v) is 2.62. The van der Waals surface area contributed by atoms with E-state index in [1.165, 1.54) is 16.0 Å². The highest BCUT2D eigenvalue weighted by atomic mass is 19.4. The van der Waals surface area contributed by atoms with Crippen LogP contribution < -0.4 is 5.32 Å². The molecule has 0 spiro atoms. The Labute approximate surface area is 118 Å². The van der Waals surface area contributed by atoms with Gasteiger partial charge in [-0.1, -0.05) is 24.3 Å². The molecule has 1 aliphatic rings. The molecule has 1 aromatic rings. The van der Waals surface area contributed by atoms with Gasteiger partial charge in [-0.15, -0.1) is 0 Å². The van der Waals surface area contributed by atoms with Gasteiger partial charge in [-0.3, -0.25) is 4.90 Å². The summed E-state index contributed by atoms with van der Waals surface area (Å²) in [5, 5.41) is 3.34. The lowest BCUT2D eigenvalue weighted by Crippen LogP contribution is -2.49. The first-order valence-electron chi connectivity index (χ1n) is 6.96. The average Bonchev–Trinajstić information content (AvgIpc) is 2.36. The van der Waals surface area contributed by atoms with Crippen LogP contribution in [-0.4, -0.2) is 36.2 Å². The molecule has 0 saturated heterocycles. The minimum atomic E-state index is -4.14. The van der Waals surface area contributed by atoms with Gasteiger partial charge >= 0.3 is 6.18 Å². The molecule has 0 radical (unpaired) electrons. The molecule has 5 heteroatoms. The summed E-state index contributed by atoms with van der Waals surface area (Å²) in [5.74, 6) is 0. The van der Waals surface area contributed by atoms with Crippen LogP contribution in [0.2, 0.25) is 0 Å². The topological polar surface area (TPSA) is 15.3 Å². The third-order valence-corrected chi connectivity index (χ3v) is 3.73. The third kappa shape index (κ3) is 4.21. The van der Waals surface area contributed by atoms with E-state index in [-0.39, 0.29) is 12.1 Å². The highest BCUT2D eigenvalue weighted by Crippen LogP contribution is 2.21. The number of nitrogens with zero attached hydrogens (tertiary/aromatic N) is 1. The summed E-state index contributed by atoms with van der Waals surface area (Å²) in [7, 11) is 0. The number of rotatable bonds is 4. The number of alkyl halides is 3. The summed E-state index contributed by atoms with van der Waals surface area (Å²) in [6.07, 6.45) is -3.35. The van der Waals surface area contributed by atoms with Crippen LogP contribution in [0.4, 0.5) is 13.2 Å². The summed E-state index contributed by atoms with van der Waals surface area (Å²) in [6.45, 7) is 3.93. The van der Waals surface area contributed by atoms with Crippen molar-refractivity contribution >= 4 is 0 Å². The van der Waals surface area contributed by atoms with Crippen molar-refractivity contribution in [2.24, 2.45) is 0 Å². The molecule has 1 unspecified atom stereocenters. The molecule has 0 bridgehead atoms. The number of hydrogen-bond acceptors (Lipinski definition) is 2. The minimum Gasteiger partial charge on any atom is -0.308 e. The van der Waals surface area contributed by atoms with Crippen LogP contribution in [0.1, 0.15) is 25.0 Å². The molecule has 0 aromatic heterocycles. The van der Waals surface area contributed by atoms with Crippen molar-refractivity contribution in [1.82, 2.24) is 10.2 Å². The van der Waals surface area contributed by atoms with Crippen LogP contribution in [-0.2, 0) is 13.0 Å². The standard InChI is InChI=1S/C15H21F3N2/c1-11(2)20(10-15(16,17)18)9-14-7-12-5-3-4-6-13(12)8-19-14/h3-6,11,14,19H,7-10H2,1-2H3. The maximum Gasteiger partial charge on any atom is 0.401 e. The average molecular weight is 286 g/mol. The van der Waals surface area contributed by atoms with E-state index in [1.54, 1.807) is 0 Å². The van der Waals surface area contributed by atoms with Gasteiger partial charge in [0.15, 0.2) is 0 Å². The van der Waals surface area contributed by atoms with Crippen molar-refractivity contribution in [3.63, 3.8) is 0 Å². The monoisotopic (exact) mass is 286 g/mol. The zero-order chi connectivity index (χ0) is 14.8. The van der Waals surface area contributed by atoms with Crippen LogP contribution in [0.15, 0.2) is 24.3 Å². The zero-order valence-corrected chi connectivity index (χ0v) is 11.9. The van der Waals surface area contributed by atoms with Crippen LogP contribution >= 0.6 is 0 Å². The highest BCUT2D eigenvalue weighted by Gasteiger charge is 2.33. The molecule has 1 aliphatic heterocycles. The fourth-order valence-electron chi connectivity index (χ4n) is 2.62. The molecule has 1 heterocycles. The maximum absolute atomic E-state index is 12.6. The molecule has 0 fully saturated rings. The Morgan fingerprint density at radius 3 is 2.50 bits per heavy atom. The fraction of sp³-hybridized carbons (Fsp3) is 0.600. The normalized spacial score (nSPS) is 19.4. The van der Waals surface area contributed by atoms with Crippen molar-refractivity contribution in [3.8, 4) is 0 Å². The SMILES string of the molecule is CC(C)N(CC1Cc2ccccc2CN1)CC(F)(F)F. The van der Waals surface area contributed by atoms with Crippen molar-refractivity contribution in [1.29, 1.82) is 0 Å². The third-order valence-electron chi connectivity index (χ3n) is 3.73. The summed E-state index contributed by atoms with van der Waals surface area (Å²) >= 11 is 0. The predicted octanol–water partition coefficient (Wildman–Crippen LogP) is 2.97. The van der Waals surface area contributed by atoms with Gasteiger partial charge < -0.3 is 5.32 Å². The lowest BCUT2D eigenvalue weighted by atomic mass is 9.95. The Morgan fingerprint density at radius 2 is 1.90 bits per heavy atom. The second kappa shape index (κ2) is 6.14. The first-order chi connectivity index (χ1) is 9.35. The zero-order valence-electron chi connectivity index (χ0n) is 11.9. The van der Waals surface area contributed by atoms with E-state index < -0.39 is 12.7 Å². The maximum atomic E-state index is 12.6. The Morgan fingerprint density at radius 1 is 1.25 bits per heavy atom. The molecule has 1 aromatic carbocycles. The Kier molecular flexibility index (Phi) is 4.70. The van der Waals surface area contributed by atoms with Gasteiger partial charge in [0.25, 0.3) is 0 Å². The van der Waals surface area contributed by atoms with Gasteiger partial charge in [0.05, 0.1) is 6.54 Å². The highest BCUT2D eigenvalue weighted by molar-refractivity contribution is 5.29. The van der Waals surface area contributed by atoms with Crippen molar-refractivity contribution in [3.05, 3.63) is 35.4 Å². The van der Waals surface area contributed by atoms with Crippen LogP contribution in [0, 0.1) is 0 Å². The summed E-state index contributed by atoms with van der Waals surface area (Å²) < 4.78 is 37.8. The largest absolute Gasteiger partial charge is 0.401 e. The van der Waals surface area contributed by atoms with E-state index in [2.05, 4.69) is 17.4 Å². The van der Waals surface area contributed by atoms with Crippen molar-refractivity contribution < 1.29 is 13.2 Å². The Balaban J connectivity index is 1.99. The molecule has 0 aliphatic carbocycles. The molecule has 2 nitrogen and oxygen atoms in total. The molecule has 112 valence electrons. The second-order valence-electron chi connectivity index (χ2n) is 5.69. The lowest BCUT2D eigenvalue weighted by molar-refractivity contribution is -0.150. The second-order valence-corrected chi connectivity index (χ2v) is 5.69. The van der Waals surface area contributed by atoms with E-state index in [0.717, 1.165) is 13.0 Å². The number of halogens is 3. The lowest BCUT2D eigenvalue weighted by Gasteiger charge is -2.34. The van der Waals surface area contributed by atoms with Gasteiger partial charge in [-0.25, -0.2) is 0 Å². The molecule has 20 heavy (non-hydrogen) atoms. The van der Waals surface area contributed by atoms with Crippen LogP contribution in [0.5, 0.6) is 0 Å². The van der Waals surface area contributed by atoms with Gasteiger partial charge in [0.2, 0.25) is 0 Å². The number of benzene rings is 1. The van der Waals surface area contributed by atoms with Gasteiger partial charge in [0, 0.05) is 25.2 Å². The quantitative estimate of drug-likeness (QED) is 0.915. The Hall–Kier alpha value is -1.07. The smallest absolute Gasteiger partial charge is 0.308 e. The van der Waals surface area contributed by atoms with E-state index in [1.807, 2.05) is 26.0 Å². The number of hydrogen-bond donors (Lipinski definition) is 1. The Bertz CT molecular complexity index is 443. The van der Waals surface area contributed by atoms with Crippen LogP contribution in [0.3, 0.4) is 0 Å². The molecule has 1 N–H and O–H groups in total. The van der Waals surface area contributed by atoms with Crippen LogP contribution in [0.25, 0.3) is 0 Å². The predicted molar refractivity (Wildman–Crippen MR) is 73.5 cm³/mol. The molecule has 2 rings (SSSR count). The first kappa shape index (κ1) is 15.3. The molecular weight excluding hydrogens is 265 g/mol. The molecular formula is C15H21F3N2. The minimum absolute atomic E-state index is 0.0784. The van der Waals surface area contributed by atoms with Gasteiger partial charge in [-0.2, -0.15) is 13.2 Å². The summed E-state index contributed by atoms with van der Waals surface area (Å²) in [6, 6.07) is 8.06.